The van der Waals surface area contributed by atoms with Crippen LogP contribution in [0.3, 0.4) is 0 Å². The zero-order chi connectivity index (χ0) is 20.7. The minimum absolute atomic E-state index is 0.193. The van der Waals surface area contributed by atoms with Crippen molar-refractivity contribution < 1.29 is 9.13 Å². The van der Waals surface area contributed by atoms with Crippen LogP contribution < -0.4 is 10.3 Å². The normalized spacial score (nSPS) is 24.1. The minimum atomic E-state index is -0.342. The van der Waals surface area contributed by atoms with Crippen molar-refractivity contribution in [2.45, 2.75) is 44.8 Å². The predicted octanol–water partition coefficient (Wildman–Crippen LogP) is 2.61. The average Bonchev–Trinajstić information content (AvgIpc) is 3.24. The molecular formula is C23H29FN4O2. The first-order valence-corrected chi connectivity index (χ1v) is 11.0. The van der Waals surface area contributed by atoms with Crippen molar-refractivity contribution in [1.29, 1.82) is 0 Å². The molecule has 0 amide bonds. The molecule has 6 nitrogen and oxygen atoms in total. The standard InChI is InChI=1S/C23H29FN4O2/c1-30-22-19(9-20(24)10-25-22)15-27-11-16-8-18(14-27)21-5-4-17(23(29)28(21)12-16)13-26-6-2-3-7-26/h4-5,9-10,16,18H,2-3,6-8,11-15H2,1H3/t16-,18+/m0/s1. The molecule has 0 unspecified atom stereocenters. The van der Waals surface area contributed by atoms with Crippen LogP contribution in [-0.2, 0) is 19.6 Å². The number of hydrogen-bond acceptors (Lipinski definition) is 5. The van der Waals surface area contributed by atoms with Crippen LogP contribution in [0.15, 0.2) is 29.2 Å². The quantitative estimate of drug-likeness (QED) is 0.756. The lowest BCUT2D eigenvalue weighted by Gasteiger charge is -2.43. The third-order valence-corrected chi connectivity index (χ3v) is 6.83. The van der Waals surface area contributed by atoms with Gasteiger partial charge in [0.05, 0.1) is 13.3 Å². The van der Waals surface area contributed by atoms with Crippen LogP contribution in [0, 0.1) is 11.7 Å². The van der Waals surface area contributed by atoms with Crippen LogP contribution >= 0.6 is 0 Å². The summed E-state index contributed by atoms with van der Waals surface area (Å²) in [7, 11) is 1.57. The Balaban J connectivity index is 1.35. The number of likely N-dealkylation sites (tertiary alicyclic amines) is 2. The first-order chi connectivity index (χ1) is 14.6. The van der Waals surface area contributed by atoms with E-state index in [1.807, 2.05) is 10.6 Å². The molecule has 3 aliphatic heterocycles. The van der Waals surface area contributed by atoms with E-state index in [2.05, 4.69) is 20.9 Å². The zero-order valence-electron chi connectivity index (χ0n) is 17.5. The Bertz CT molecular complexity index is 986. The number of halogens is 1. The van der Waals surface area contributed by atoms with E-state index in [1.54, 1.807) is 7.11 Å². The molecule has 0 spiro atoms. The van der Waals surface area contributed by atoms with Gasteiger partial charge in [0, 0.05) is 55.5 Å². The topological polar surface area (TPSA) is 50.6 Å². The van der Waals surface area contributed by atoms with E-state index in [0.29, 0.717) is 24.3 Å². The van der Waals surface area contributed by atoms with Crippen LogP contribution in [-0.4, -0.2) is 52.6 Å². The second kappa shape index (κ2) is 8.12. The third-order valence-electron chi connectivity index (χ3n) is 6.83. The highest BCUT2D eigenvalue weighted by molar-refractivity contribution is 5.27. The summed E-state index contributed by atoms with van der Waals surface area (Å²) in [4.78, 5) is 22.0. The predicted molar refractivity (Wildman–Crippen MR) is 112 cm³/mol. The summed E-state index contributed by atoms with van der Waals surface area (Å²) in [6.07, 6.45) is 4.77. The summed E-state index contributed by atoms with van der Waals surface area (Å²) in [5.41, 5.74) is 3.04. The molecule has 2 atom stereocenters. The summed E-state index contributed by atoms with van der Waals surface area (Å²) in [5, 5.41) is 0. The highest BCUT2D eigenvalue weighted by atomic mass is 19.1. The molecule has 0 aliphatic carbocycles. The molecule has 2 aromatic rings. The number of aromatic nitrogens is 2. The molecule has 0 aromatic carbocycles. The number of pyridine rings is 2. The molecule has 2 bridgehead atoms. The largest absolute Gasteiger partial charge is 0.481 e. The van der Waals surface area contributed by atoms with Gasteiger partial charge in [-0.25, -0.2) is 9.37 Å². The number of hydrogen-bond donors (Lipinski definition) is 0. The lowest BCUT2D eigenvalue weighted by Crippen LogP contribution is -2.47. The molecule has 3 aliphatic rings. The van der Waals surface area contributed by atoms with Crippen LogP contribution in [0.1, 0.15) is 42.0 Å². The Morgan fingerprint density at radius 2 is 1.90 bits per heavy atom. The number of methoxy groups -OCH3 is 1. The summed E-state index contributed by atoms with van der Waals surface area (Å²) >= 11 is 0. The molecule has 160 valence electrons. The van der Waals surface area contributed by atoms with Gasteiger partial charge in [0.15, 0.2) is 0 Å². The molecule has 2 fully saturated rings. The van der Waals surface area contributed by atoms with Crippen molar-refractivity contribution in [3.05, 3.63) is 57.4 Å². The molecule has 5 heterocycles. The van der Waals surface area contributed by atoms with Gasteiger partial charge in [0.25, 0.3) is 5.56 Å². The van der Waals surface area contributed by atoms with E-state index in [0.717, 1.165) is 62.5 Å². The van der Waals surface area contributed by atoms with Crippen molar-refractivity contribution in [1.82, 2.24) is 19.4 Å². The maximum absolute atomic E-state index is 13.7. The van der Waals surface area contributed by atoms with E-state index < -0.39 is 0 Å². The Morgan fingerprint density at radius 3 is 2.70 bits per heavy atom. The van der Waals surface area contributed by atoms with Crippen LogP contribution in [0.25, 0.3) is 0 Å². The highest BCUT2D eigenvalue weighted by Gasteiger charge is 2.35. The lowest BCUT2D eigenvalue weighted by atomic mass is 9.83. The van der Waals surface area contributed by atoms with Crippen LogP contribution in [0.4, 0.5) is 4.39 Å². The van der Waals surface area contributed by atoms with E-state index in [-0.39, 0.29) is 11.4 Å². The van der Waals surface area contributed by atoms with Crippen molar-refractivity contribution in [2.24, 2.45) is 5.92 Å². The number of rotatable bonds is 5. The van der Waals surface area contributed by atoms with E-state index >= 15 is 0 Å². The van der Waals surface area contributed by atoms with Crippen LogP contribution in [0.2, 0.25) is 0 Å². The van der Waals surface area contributed by atoms with Gasteiger partial charge in [-0.1, -0.05) is 6.07 Å². The van der Waals surface area contributed by atoms with Gasteiger partial charge in [-0.15, -0.1) is 0 Å². The Labute approximate surface area is 176 Å². The second-order valence-corrected chi connectivity index (χ2v) is 9.00. The average molecular weight is 413 g/mol. The van der Waals surface area contributed by atoms with E-state index in [9.17, 15) is 9.18 Å². The monoisotopic (exact) mass is 412 g/mol. The molecule has 0 saturated carbocycles. The van der Waals surface area contributed by atoms with Gasteiger partial charge in [-0.3, -0.25) is 14.6 Å². The summed E-state index contributed by atoms with van der Waals surface area (Å²) in [6.45, 7) is 6.11. The maximum atomic E-state index is 13.7. The van der Waals surface area contributed by atoms with Gasteiger partial charge >= 0.3 is 0 Å². The van der Waals surface area contributed by atoms with Crippen molar-refractivity contribution in [3.63, 3.8) is 0 Å². The van der Waals surface area contributed by atoms with Gasteiger partial charge in [0.2, 0.25) is 5.88 Å². The minimum Gasteiger partial charge on any atom is -0.481 e. The summed E-state index contributed by atoms with van der Waals surface area (Å²) in [5.74, 6) is 0.905. The molecule has 0 N–H and O–H groups in total. The van der Waals surface area contributed by atoms with Gasteiger partial charge in [0.1, 0.15) is 5.82 Å². The number of piperidine rings is 1. The SMILES string of the molecule is COc1ncc(F)cc1CN1C[C@@H]2C[C@H](C1)c1ccc(CN3CCCC3)c(=O)n1C2. The van der Waals surface area contributed by atoms with Gasteiger partial charge < -0.3 is 9.30 Å². The van der Waals surface area contributed by atoms with Crippen molar-refractivity contribution in [2.75, 3.05) is 33.3 Å². The number of ether oxygens (including phenoxy) is 1. The molecule has 0 radical (unpaired) electrons. The smallest absolute Gasteiger partial charge is 0.255 e. The van der Waals surface area contributed by atoms with Gasteiger partial charge in [-0.2, -0.15) is 0 Å². The molecule has 2 saturated heterocycles. The molecule has 2 aromatic heterocycles. The first kappa shape index (κ1) is 19.7. The molecular weight excluding hydrogens is 383 g/mol. The third kappa shape index (κ3) is 3.76. The maximum Gasteiger partial charge on any atom is 0.255 e. The molecule has 7 heteroatoms. The fraction of sp³-hybridized carbons (Fsp3) is 0.565. The zero-order valence-corrected chi connectivity index (χ0v) is 17.5. The van der Waals surface area contributed by atoms with E-state index in [1.165, 1.54) is 25.1 Å². The van der Waals surface area contributed by atoms with Crippen molar-refractivity contribution >= 4 is 0 Å². The Morgan fingerprint density at radius 1 is 1.10 bits per heavy atom. The molecule has 30 heavy (non-hydrogen) atoms. The second-order valence-electron chi connectivity index (χ2n) is 9.00. The lowest BCUT2D eigenvalue weighted by molar-refractivity contribution is 0.113. The fourth-order valence-corrected chi connectivity index (χ4v) is 5.53. The van der Waals surface area contributed by atoms with Gasteiger partial charge in [-0.05, 0) is 50.4 Å². The highest BCUT2D eigenvalue weighted by Crippen LogP contribution is 2.36. The summed E-state index contributed by atoms with van der Waals surface area (Å²) in [6, 6.07) is 5.73. The van der Waals surface area contributed by atoms with E-state index in [4.69, 9.17) is 4.74 Å². The van der Waals surface area contributed by atoms with Crippen LogP contribution in [0.5, 0.6) is 5.88 Å². The number of fused-ring (bicyclic) bond motifs is 4. The number of nitrogens with zero attached hydrogens (tertiary/aromatic N) is 4. The first-order valence-electron chi connectivity index (χ1n) is 11.0. The summed E-state index contributed by atoms with van der Waals surface area (Å²) < 4.78 is 21.1. The molecule has 5 rings (SSSR count). The Kier molecular flexibility index (Phi) is 5.33. The Hall–Kier alpha value is -2.25. The fourth-order valence-electron chi connectivity index (χ4n) is 5.53. The van der Waals surface area contributed by atoms with Crippen molar-refractivity contribution in [3.8, 4) is 5.88 Å².